The summed E-state index contributed by atoms with van der Waals surface area (Å²) in [6.07, 6.45) is -2.28. The standard InChI is InChI=1S/C12H16F2O2/c1-9(6-7-12(13)14)16-11-5-3-4-10(8-11)15-2/h3-5,8-9,12H,6-7H2,1-2H3. The molecule has 0 amide bonds. The fourth-order valence-corrected chi connectivity index (χ4v) is 1.33. The van der Waals surface area contributed by atoms with Crippen molar-refractivity contribution in [3.8, 4) is 11.5 Å². The molecule has 0 aromatic heterocycles. The average Bonchev–Trinajstić information content (AvgIpc) is 2.26. The van der Waals surface area contributed by atoms with Crippen molar-refractivity contribution in [2.45, 2.75) is 32.3 Å². The Bertz CT molecular complexity index is 316. The summed E-state index contributed by atoms with van der Waals surface area (Å²) in [6.45, 7) is 1.78. The lowest BCUT2D eigenvalue weighted by Crippen LogP contribution is -2.13. The van der Waals surface area contributed by atoms with Gasteiger partial charge in [-0.3, -0.25) is 0 Å². The second-order valence-corrected chi connectivity index (χ2v) is 3.58. The Labute approximate surface area is 94.2 Å². The van der Waals surface area contributed by atoms with Gasteiger partial charge in [-0.2, -0.15) is 0 Å². The second kappa shape index (κ2) is 6.30. The van der Waals surface area contributed by atoms with Gasteiger partial charge in [-0.05, 0) is 25.5 Å². The van der Waals surface area contributed by atoms with E-state index in [1.54, 1.807) is 38.3 Å². The van der Waals surface area contributed by atoms with Gasteiger partial charge in [-0.25, -0.2) is 8.78 Å². The molecule has 1 atom stereocenters. The van der Waals surface area contributed by atoms with Crippen LogP contribution in [0.2, 0.25) is 0 Å². The van der Waals surface area contributed by atoms with E-state index in [4.69, 9.17) is 9.47 Å². The average molecular weight is 230 g/mol. The molecule has 90 valence electrons. The molecule has 0 aliphatic heterocycles. The molecule has 0 saturated heterocycles. The molecule has 1 rings (SSSR count). The minimum atomic E-state index is -2.27. The van der Waals surface area contributed by atoms with Gasteiger partial charge in [-0.1, -0.05) is 6.07 Å². The Kier molecular flexibility index (Phi) is 5.02. The first-order valence-electron chi connectivity index (χ1n) is 5.20. The highest BCUT2D eigenvalue weighted by Crippen LogP contribution is 2.21. The Morgan fingerprint density at radius 1 is 1.19 bits per heavy atom. The number of hydrogen-bond donors (Lipinski definition) is 0. The van der Waals surface area contributed by atoms with Crippen LogP contribution >= 0.6 is 0 Å². The molecule has 0 radical (unpaired) electrons. The Balaban J connectivity index is 2.45. The van der Waals surface area contributed by atoms with E-state index in [1.807, 2.05) is 0 Å². The van der Waals surface area contributed by atoms with E-state index in [1.165, 1.54) is 0 Å². The fourth-order valence-electron chi connectivity index (χ4n) is 1.33. The van der Waals surface area contributed by atoms with Crippen LogP contribution < -0.4 is 9.47 Å². The van der Waals surface area contributed by atoms with Crippen LogP contribution in [0.25, 0.3) is 0 Å². The molecule has 0 saturated carbocycles. The van der Waals surface area contributed by atoms with Crippen LogP contribution in [0.3, 0.4) is 0 Å². The van der Waals surface area contributed by atoms with E-state index >= 15 is 0 Å². The summed E-state index contributed by atoms with van der Waals surface area (Å²) in [5, 5.41) is 0. The van der Waals surface area contributed by atoms with Crippen molar-refractivity contribution >= 4 is 0 Å². The molecular formula is C12H16F2O2. The van der Waals surface area contributed by atoms with Crippen LogP contribution in [0.5, 0.6) is 11.5 Å². The van der Waals surface area contributed by atoms with Gasteiger partial charge in [0.2, 0.25) is 6.43 Å². The summed E-state index contributed by atoms with van der Waals surface area (Å²) >= 11 is 0. The maximum absolute atomic E-state index is 12.0. The van der Waals surface area contributed by atoms with Gasteiger partial charge in [0, 0.05) is 12.5 Å². The zero-order chi connectivity index (χ0) is 12.0. The number of halogens is 2. The molecule has 0 fully saturated rings. The molecule has 16 heavy (non-hydrogen) atoms. The monoisotopic (exact) mass is 230 g/mol. The summed E-state index contributed by atoms with van der Waals surface area (Å²) in [7, 11) is 1.57. The van der Waals surface area contributed by atoms with E-state index in [-0.39, 0.29) is 12.5 Å². The maximum atomic E-state index is 12.0. The van der Waals surface area contributed by atoms with E-state index in [9.17, 15) is 8.78 Å². The first-order chi connectivity index (χ1) is 7.61. The number of rotatable bonds is 6. The van der Waals surface area contributed by atoms with Gasteiger partial charge in [0.25, 0.3) is 0 Å². The molecular weight excluding hydrogens is 214 g/mol. The minimum Gasteiger partial charge on any atom is -0.497 e. The molecule has 1 unspecified atom stereocenters. The number of alkyl halides is 2. The highest BCUT2D eigenvalue weighted by Gasteiger charge is 2.09. The van der Waals surface area contributed by atoms with Crippen molar-refractivity contribution in [3.05, 3.63) is 24.3 Å². The number of benzene rings is 1. The molecule has 1 aromatic carbocycles. The van der Waals surface area contributed by atoms with Crippen LogP contribution in [-0.4, -0.2) is 19.6 Å². The molecule has 0 spiro atoms. The lowest BCUT2D eigenvalue weighted by atomic mass is 10.2. The first kappa shape index (κ1) is 12.7. The van der Waals surface area contributed by atoms with Crippen molar-refractivity contribution in [2.24, 2.45) is 0 Å². The number of methoxy groups -OCH3 is 1. The van der Waals surface area contributed by atoms with Gasteiger partial charge < -0.3 is 9.47 Å². The summed E-state index contributed by atoms with van der Waals surface area (Å²) in [5.74, 6) is 1.33. The van der Waals surface area contributed by atoms with Crippen LogP contribution in [0.4, 0.5) is 8.78 Å². The molecule has 0 heterocycles. The van der Waals surface area contributed by atoms with E-state index in [0.29, 0.717) is 17.9 Å². The predicted molar refractivity (Wildman–Crippen MR) is 58.3 cm³/mol. The third kappa shape index (κ3) is 4.47. The van der Waals surface area contributed by atoms with Crippen LogP contribution in [0.15, 0.2) is 24.3 Å². The van der Waals surface area contributed by atoms with Crippen molar-refractivity contribution in [2.75, 3.05) is 7.11 Å². The predicted octanol–water partition coefficient (Wildman–Crippen LogP) is 3.51. The summed E-state index contributed by atoms with van der Waals surface area (Å²) < 4.78 is 34.5. The number of ether oxygens (including phenoxy) is 2. The largest absolute Gasteiger partial charge is 0.497 e. The zero-order valence-corrected chi connectivity index (χ0v) is 9.45. The van der Waals surface area contributed by atoms with Gasteiger partial charge in [0.05, 0.1) is 13.2 Å². The normalized spacial score (nSPS) is 12.6. The van der Waals surface area contributed by atoms with Crippen LogP contribution in [0.1, 0.15) is 19.8 Å². The second-order valence-electron chi connectivity index (χ2n) is 3.58. The van der Waals surface area contributed by atoms with Gasteiger partial charge in [-0.15, -0.1) is 0 Å². The molecule has 4 heteroatoms. The minimum absolute atomic E-state index is 0.134. The third-order valence-corrected chi connectivity index (χ3v) is 2.17. The smallest absolute Gasteiger partial charge is 0.238 e. The highest BCUT2D eigenvalue weighted by atomic mass is 19.3. The van der Waals surface area contributed by atoms with Crippen LogP contribution in [-0.2, 0) is 0 Å². The van der Waals surface area contributed by atoms with Gasteiger partial charge in [0.15, 0.2) is 0 Å². The summed E-state index contributed by atoms with van der Waals surface area (Å²) in [4.78, 5) is 0. The lowest BCUT2D eigenvalue weighted by molar-refractivity contribution is 0.110. The van der Waals surface area contributed by atoms with E-state index in [2.05, 4.69) is 0 Å². The fraction of sp³-hybridized carbons (Fsp3) is 0.500. The molecule has 0 bridgehead atoms. The Hall–Kier alpha value is -1.32. The summed E-state index contributed by atoms with van der Waals surface area (Å²) in [5.41, 5.74) is 0. The highest BCUT2D eigenvalue weighted by molar-refractivity contribution is 5.32. The van der Waals surface area contributed by atoms with Crippen LogP contribution in [0, 0.1) is 0 Å². The molecule has 2 nitrogen and oxygen atoms in total. The number of hydrogen-bond acceptors (Lipinski definition) is 2. The Morgan fingerprint density at radius 2 is 1.88 bits per heavy atom. The third-order valence-electron chi connectivity index (χ3n) is 2.17. The maximum Gasteiger partial charge on any atom is 0.238 e. The molecule has 0 aliphatic carbocycles. The lowest BCUT2D eigenvalue weighted by Gasteiger charge is -2.14. The molecule has 1 aromatic rings. The van der Waals surface area contributed by atoms with Crippen molar-refractivity contribution in [1.29, 1.82) is 0 Å². The summed E-state index contributed by atoms with van der Waals surface area (Å²) in [6, 6.07) is 7.12. The quantitative estimate of drug-likeness (QED) is 0.744. The van der Waals surface area contributed by atoms with Crippen molar-refractivity contribution in [1.82, 2.24) is 0 Å². The van der Waals surface area contributed by atoms with Gasteiger partial charge >= 0.3 is 0 Å². The molecule has 0 aliphatic rings. The van der Waals surface area contributed by atoms with Crippen molar-refractivity contribution in [3.63, 3.8) is 0 Å². The van der Waals surface area contributed by atoms with E-state index < -0.39 is 6.43 Å². The van der Waals surface area contributed by atoms with Gasteiger partial charge in [0.1, 0.15) is 11.5 Å². The van der Waals surface area contributed by atoms with E-state index in [0.717, 1.165) is 0 Å². The SMILES string of the molecule is COc1cccc(OC(C)CCC(F)F)c1. The van der Waals surface area contributed by atoms with Crippen molar-refractivity contribution < 1.29 is 18.3 Å². The molecule has 0 N–H and O–H groups in total. The Morgan fingerprint density at radius 3 is 2.50 bits per heavy atom. The topological polar surface area (TPSA) is 18.5 Å². The zero-order valence-electron chi connectivity index (χ0n) is 9.45. The first-order valence-corrected chi connectivity index (χ1v) is 5.20.